The maximum absolute atomic E-state index is 10.8. The van der Waals surface area contributed by atoms with Gasteiger partial charge in [-0.3, -0.25) is 9.69 Å². The first kappa shape index (κ1) is 12.5. The first-order valence-electron chi connectivity index (χ1n) is 5.69. The van der Waals surface area contributed by atoms with Crippen molar-refractivity contribution in [3.8, 4) is 0 Å². The Hall–Kier alpha value is -0.610. The second-order valence-electron chi connectivity index (χ2n) is 5.12. The molecular formula is C11H23N3O. The second kappa shape index (κ2) is 4.94. The summed E-state index contributed by atoms with van der Waals surface area (Å²) in [6.07, 6.45) is 2.66. The van der Waals surface area contributed by atoms with E-state index < -0.39 is 0 Å². The van der Waals surface area contributed by atoms with E-state index in [-0.39, 0.29) is 11.4 Å². The van der Waals surface area contributed by atoms with Crippen molar-refractivity contribution in [2.75, 3.05) is 19.6 Å². The average molecular weight is 213 g/mol. The molecule has 0 aromatic rings. The number of carbonyl (C=O) groups is 1. The van der Waals surface area contributed by atoms with Gasteiger partial charge in [-0.1, -0.05) is 0 Å². The predicted octanol–water partition coefficient (Wildman–Crippen LogP) is 0.311. The first-order valence-corrected chi connectivity index (χ1v) is 5.69. The number of rotatable bonds is 4. The number of hydrogen-bond donors (Lipinski definition) is 2. The third-order valence-electron chi connectivity index (χ3n) is 3.46. The maximum atomic E-state index is 10.8. The van der Waals surface area contributed by atoms with Crippen LogP contribution in [0, 0.1) is 5.92 Å². The van der Waals surface area contributed by atoms with Gasteiger partial charge in [-0.2, -0.15) is 0 Å². The first-order chi connectivity index (χ1) is 6.95. The topological polar surface area (TPSA) is 72.3 Å². The third-order valence-corrected chi connectivity index (χ3v) is 3.46. The van der Waals surface area contributed by atoms with Crippen LogP contribution in [0.25, 0.3) is 0 Å². The summed E-state index contributed by atoms with van der Waals surface area (Å²) in [6.45, 7) is 7.07. The Labute approximate surface area is 92.0 Å². The summed E-state index contributed by atoms with van der Waals surface area (Å²) < 4.78 is 0. The van der Waals surface area contributed by atoms with Crippen molar-refractivity contribution >= 4 is 5.91 Å². The molecular weight excluding hydrogens is 190 g/mol. The van der Waals surface area contributed by atoms with Gasteiger partial charge < -0.3 is 11.5 Å². The molecule has 4 N–H and O–H groups in total. The summed E-state index contributed by atoms with van der Waals surface area (Å²) in [5.74, 6) is 0.304. The van der Waals surface area contributed by atoms with Gasteiger partial charge in [0.05, 0.1) is 0 Å². The summed E-state index contributed by atoms with van der Waals surface area (Å²) in [6, 6.07) is 0. The van der Waals surface area contributed by atoms with E-state index in [2.05, 4.69) is 18.7 Å². The fraction of sp³-hybridized carbons (Fsp3) is 0.909. The largest absolute Gasteiger partial charge is 0.370 e. The summed E-state index contributed by atoms with van der Waals surface area (Å²) >= 11 is 0. The van der Waals surface area contributed by atoms with Gasteiger partial charge in [0.2, 0.25) is 5.91 Å². The molecule has 0 atom stereocenters. The quantitative estimate of drug-likeness (QED) is 0.706. The van der Waals surface area contributed by atoms with Gasteiger partial charge in [0.25, 0.3) is 0 Å². The summed E-state index contributed by atoms with van der Waals surface area (Å²) in [4.78, 5) is 13.2. The number of likely N-dealkylation sites (tertiary alicyclic amines) is 1. The van der Waals surface area contributed by atoms with Crippen molar-refractivity contribution < 1.29 is 4.79 Å². The van der Waals surface area contributed by atoms with Gasteiger partial charge in [0.15, 0.2) is 0 Å². The lowest BCUT2D eigenvalue weighted by molar-refractivity contribution is -0.119. The fourth-order valence-electron chi connectivity index (χ4n) is 2.16. The van der Waals surface area contributed by atoms with E-state index in [0.717, 1.165) is 25.9 Å². The maximum Gasteiger partial charge on any atom is 0.217 e. The molecule has 1 saturated heterocycles. The lowest BCUT2D eigenvalue weighted by Crippen LogP contribution is -2.52. The van der Waals surface area contributed by atoms with E-state index >= 15 is 0 Å². The smallest absolute Gasteiger partial charge is 0.217 e. The van der Waals surface area contributed by atoms with Crippen molar-refractivity contribution in [2.45, 2.75) is 38.6 Å². The fourth-order valence-corrected chi connectivity index (χ4v) is 2.16. The lowest BCUT2D eigenvalue weighted by atomic mass is 9.90. The molecule has 1 aliphatic heterocycles. The highest BCUT2D eigenvalue weighted by Gasteiger charge is 2.29. The normalized spacial score (nSPS) is 20.5. The van der Waals surface area contributed by atoms with E-state index in [1.165, 1.54) is 0 Å². The van der Waals surface area contributed by atoms with Gasteiger partial charge in [0, 0.05) is 18.5 Å². The van der Waals surface area contributed by atoms with Crippen LogP contribution >= 0.6 is 0 Å². The van der Waals surface area contributed by atoms with Crippen molar-refractivity contribution in [1.29, 1.82) is 0 Å². The molecule has 15 heavy (non-hydrogen) atoms. The SMILES string of the molecule is CC(C)(CN)N1CCC(CC(N)=O)CC1. The number of carbonyl (C=O) groups excluding carboxylic acids is 1. The highest BCUT2D eigenvalue weighted by Crippen LogP contribution is 2.25. The second-order valence-corrected chi connectivity index (χ2v) is 5.12. The zero-order chi connectivity index (χ0) is 11.5. The standard InChI is InChI=1S/C11H23N3O/c1-11(2,8-12)14-5-3-9(4-6-14)7-10(13)15/h9H,3-8,12H2,1-2H3,(H2,13,15). The van der Waals surface area contributed by atoms with Gasteiger partial charge in [-0.15, -0.1) is 0 Å². The molecule has 1 heterocycles. The van der Waals surface area contributed by atoms with Crippen LogP contribution in [0.3, 0.4) is 0 Å². The van der Waals surface area contributed by atoms with Crippen LogP contribution in [0.5, 0.6) is 0 Å². The van der Waals surface area contributed by atoms with Gasteiger partial charge in [0.1, 0.15) is 0 Å². The molecule has 4 nitrogen and oxygen atoms in total. The third kappa shape index (κ3) is 3.47. The summed E-state index contributed by atoms with van der Waals surface area (Å²) in [5.41, 5.74) is 11.0. The van der Waals surface area contributed by atoms with Crippen molar-refractivity contribution in [3.63, 3.8) is 0 Å². The molecule has 0 aromatic carbocycles. The molecule has 1 rings (SSSR count). The Kier molecular flexibility index (Phi) is 4.11. The monoisotopic (exact) mass is 213 g/mol. The van der Waals surface area contributed by atoms with Crippen LogP contribution in [0.2, 0.25) is 0 Å². The van der Waals surface area contributed by atoms with Crippen molar-refractivity contribution in [1.82, 2.24) is 4.90 Å². The minimum atomic E-state index is -0.175. The molecule has 1 amide bonds. The highest BCUT2D eigenvalue weighted by molar-refractivity contribution is 5.73. The predicted molar refractivity (Wildman–Crippen MR) is 61.2 cm³/mol. The van der Waals surface area contributed by atoms with E-state index in [1.807, 2.05) is 0 Å². The summed E-state index contributed by atoms with van der Waals surface area (Å²) in [5, 5.41) is 0. The Morgan fingerprint density at radius 2 is 1.93 bits per heavy atom. The van der Waals surface area contributed by atoms with Crippen molar-refractivity contribution in [2.24, 2.45) is 17.4 Å². The minimum absolute atomic E-state index is 0.0810. The highest BCUT2D eigenvalue weighted by atomic mass is 16.1. The number of hydrogen-bond acceptors (Lipinski definition) is 3. The van der Waals surface area contributed by atoms with Crippen LogP contribution in [-0.2, 0) is 4.79 Å². The van der Waals surface area contributed by atoms with Crippen LogP contribution in [0.15, 0.2) is 0 Å². The molecule has 4 heteroatoms. The van der Waals surface area contributed by atoms with Crippen LogP contribution in [0.4, 0.5) is 0 Å². The lowest BCUT2D eigenvalue weighted by Gasteiger charge is -2.42. The van der Waals surface area contributed by atoms with Crippen molar-refractivity contribution in [3.05, 3.63) is 0 Å². The van der Waals surface area contributed by atoms with Gasteiger partial charge >= 0.3 is 0 Å². The molecule has 0 unspecified atom stereocenters. The van der Waals surface area contributed by atoms with E-state index in [0.29, 0.717) is 18.9 Å². The molecule has 1 fully saturated rings. The molecule has 0 saturated carbocycles. The number of amides is 1. The minimum Gasteiger partial charge on any atom is -0.370 e. The molecule has 0 aromatic heterocycles. The number of nitrogens with two attached hydrogens (primary N) is 2. The Bertz CT molecular complexity index is 220. The molecule has 0 bridgehead atoms. The molecule has 0 spiro atoms. The Balaban J connectivity index is 2.39. The van der Waals surface area contributed by atoms with Crippen LogP contribution in [0.1, 0.15) is 33.1 Å². The number of nitrogens with zero attached hydrogens (tertiary/aromatic N) is 1. The Morgan fingerprint density at radius 3 is 2.33 bits per heavy atom. The Morgan fingerprint density at radius 1 is 1.40 bits per heavy atom. The number of piperidine rings is 1. The molecule has 1 aliphatic rings. The number of primary amides is 1. The average Bonchev–Trinajstić information content (AvgIpc) is 2.18. The molecule has 0 radical (unpaired) electrons. The zero-order valence-electron chi connectivity index (χ0n) is 9.83. The molecule has 88 valence electrons. The summed E-state index contributed by atoms with van der Waals surface area (Å²) in [7, 11) is 0. The zero-order valence-corrected chi connectivity index (χ0v) is 9.83. The van der Waals surface area contributed by atoms with E-state index in [4.69, 9.17) is 11.5 Å². The van der Waals surface area contributed by atoms with Crippen LogP contribution in [-0.4, -0.2) is 36.0 Å². The van der Waals surface area contributed by atoms with E-state index in [9.17, 15) is 4.79 Å². The van der Waals surface area contributed by atoms with Gasteiger partial charge in [-0.05, 0) is 45.7 Å². The van der Waals surface area contributed by atoms with Gasteiger partial charge in [-0.25, -0.2) is 0 Å². The molecule has 0 aliphatic carbocycles. The van der Waals surface area contributed by atoms with Crippen LogP contribution < -0.4 is 11.5 Å². The van der Waals surface area contributed by atoms with E-state index in [1.54, 1.807) is 0 Å².